The van der Waals surface area contributed by atoms with E-state index >= 15 is 0 Å². The molecule has 1 fully saturated rings. The van der Waals surface area contributed by atoms with E-state index in [4.69, 9.17) is 37.9 Å². The normalized spacial score (nSPS) is 24.4. The minimum Gasteiger partial charge on any atom is -0.464 e. The molecule has 0 saturated carbocycles. The van der Waals surface area contributed by atoms with Gasteiger partial charge in [0.25, 0.3) is 0 Å². The minimum absolute atomic E-state index is 0.670. The van der Waals surface area contributed by atoms with Crippen LogP contribution in [0.25, 0.3) is 0 Å². The second-order valence-electron chi connectivity index (χ2n) is 7.87. The van der Waals surface area contributed by atoms with Crippen LogP contribution < -0.4 is 0 Å². The lowest BCUT2D eigenvalue weighted by molar-refractivity contribution is -0.321. The summed E-state index contributed by atoms with van der Waals surface area (Å²) in [5, 5.41) is 0. The Morgan fingerprint density at radius 1 is 0.784 bits per heavy atom. The first-order valence-electron chi connectivity index (χ1n) is 10.9. The molecular formula is C22H30O15. The molecule has 1 saturated heterocycles. The van der Waals surface area contributed by atoms with Crippen LogP contribution in [-0.2, 0) is 71.5 Å². The lowest BCUT2D eigenvalue weighted by Crippen LogP contribution is -2.66. The van der Waals surface area contributed by atoms with Gasteiger partial charge in [-0.2, -0.15) is 0 Å². The number of rotatable bonds is 10. The molecule has 37 heavy (non-hydrogen) atoms. The van der Waals surface area contributed by atoms with Gasteiger partial charge in [0.05, 0.1) is 13.5 Å². The van der Waals surface area contributed by atoms with Gasteiger partial charge in [-0.05, 0) is 0 Å². The monoisotopic (exact) mass is 534 g/mol. The Morgan fingerprint density at radius 2 is 1.35 bits per heavy atom. The summed E-state index contributed by atoms with van der Waals surface area (Å²) in [6.07, 6.45) is -8.97. The van der Waals surface area contributed by atoms with Crippen LogP contribution in [0.5, 0.6) is 0 Å². The molecule has 1 rings (SSSR count). The molecule has 1 aliphatic heterocycles. The summed E-state index contributed by atoms with van der Waals surface area (Å²) in [5.41, 5.74) is 0. The highest BCUT2D eigenvalue weighted by Crippen LogP contribution is 2.38. The van der Waals surface area contributed by atoms with Crippen LogP contribution in [0.15, 0.2) is 0 Å². The van der Waals surface area contributed by atoms with Crippen molar-refractivity contribution >= 4 is 41.8 Å². The average molecular weight is 534 g/mol. The maximum Gasteiger partial charge on any atom is 0.379 e. The summed E-state index contributed by atoms with van der Waals surface area (Å²) < 4.78 is 41.6. The fourth-order valence-corrected chi connectivity index (χ4v) is 3.62. The molecule has 0 unspecified atom stereocenters. The Kier molecular flexibility index (Phi) is 11.4. The van der Waals surface area contributed by atoms with E-state index in [1.54, 1.807) is 0 Å². The second kappa shape index (κ2) is 13.5. The fourth-order valence-electron chi connectivity index (χ4n) is 3.62. The zero-order valence-corrected chi connectivity index (χ0v) is 21.4. The lowest BCUT2D eigenvalue weighted by Gasteiger charge is -2.47. The molecule has 15 nitrogen and oxygen atoms in total. The molecule has 1 heterocycles. The molecule has 0 aromatic heterocycles. The van der Waals surface area contributed by atoms with Crippen molar-refractivity contribution in [1.82, 2.24) is 0 Å². The van der Waals surface area contributed by atoms with Crippen LogP contribution in [0.2, 0.25) is 0 Å². The van der Waals surface area contributed by atoms with Gasteiger partial charge in [-0.1, -0.05) is 0 Å². The third kappa shape index (κ3) is 9.33. The van der Waals surface area contributed by atoms with E-state index in [1.165, 1.54) is 0 Å². The van der Waals surface area contributed by atoms with E-state index in [9.17, 15) is 33.6 Å². The van der Waals surface area contributed by atoms with Crippen molar-refractivity contribution in [2.75, 3.05) is 13.7 Å². The lowest BCUT2D eigenvalue weighted by atomic mass is 9.89. The minimum atomic E-state index is -2.58. The summed E-state index contributed by atoms with van der Waals surface area (Å²) in [7, 11) is 0.955. The maximum absolute atomic E-state index is 12.8. The molecular weight excluding hydrogens is 504 g/mol. The number of carbonyl (C=O) groups excluding carboxylic acids is 7. The Labute approximate surface area is 211 Å². The second-order valence-corrected chi connectivity index (χ2v) is 7.87. The molecule has 0 aliphatic carbocycles. The molecule has 6 atom stereocenters. The predicted molar refractivity (Wildman–Crippen MR) is 115 cm³/mol. The molecule has 0 N–H and O–H groups in total. The van der Waals surface area contributed by atoms with Crippen molar-refractivity contribution < 1.29 is 71.5 Å². The van der Waals surface area contributed by atoms with Crippen molar-refractivity contribution in [3.8, 4) is 0 Å². The van der Waals surface area contributed by atoms with Crippen LogP contribution in [0, 0.1) is 0 Å². The van der Waals surface area contributed by atoms with Crippen LogP contribution in [-0.4, -0.2) is 91.8 Å². The molecule has 0 bridgehead atoms. The van der Waals surface area contributed by atoms with Crippen molar-refractivity contribution in [3.63, 3.8) is 0 Å². The summed E-state index contributed by atoms with van der Waals surface area (Å²) in [5.74, 6) is -9.28. The summed E-state index contributed by atoms with van der Waals surface area (Å²) in [4.78, 5) is 83.9. The van der Waals surface area contributed by atoms with E-state index in [-0.39, 0.29) is 0 Å². The van der Waals surface area contributed by atoms with E-state index in [0.29, 0.717) is 0 Å². The molecule has 1 aliphatic rings. The van der Waals surface area contributed by atoms with Crippen LogP contribution >= 0.6 is 0 Å². The number of carbonyl (C=O) groups is 7. The van der Waals surface area contributed by atoms with Crippen LogP contribution in [0.4, 0.5) is 0 Å². The average Bonchev–Trinajstić information content (AvgIpc) is 2.74. The van der Waals surface area contributed by atoms with Gasteiger partial charge in [-0.3, -0.25) is 28.8 Å². The van der Waals surface area contributed by atoms with Crippen molar-refractivity contribution in [2.24, 2.45) is 0 Å². The molecule has 208 valence electrons. The Balaban J connectivity index is 3.83. The number of hydrogen-bond acceptors (Lipinski definition) is 15. The van der Waals surface area contributed by atoms with Gasteiger partial charge in [-0.25, -0.2) is 4.79 Å². The zero-order valence-electron chi connectivity index (χ0n) is 21.4. The van der Waals surface area contributed by atoms with Crippen LogP contribution in [0.1, 0.15) is 48.0 Å². The van der Waals surface area contributed by atoms with E-state index in [0.717, 1.165) is 48.7 Å². The summed E-state index contributed by atoms with van der Waals surface area (Å²) >= 11 is 0. The highest BCUT2D eigenvalue weighted by molar-refractivity contribution is 5.82. The summed E-state index contributed by atoms with van der Waals surface area (Å²) in [6.45, 7) is 5.37. The van der Waals surface area contributed by atoms with Gasteiger partial charge in [-0.15, -0.1) is 0 Å². The third-order valence-corrected chi connectivity index (χ3v) is 4.67. The quantitative estimate of drug-likeness (QED) is 0.257. The standard InChI is InChI=1S/C22H30O15/c1-10(23)31-9-17(33-12(3)25)19(35-14(5)27)20-18(34-13(4)26)16(32-11(2)24)8-22(37-20,21(29)30-7)36-15(6)28/h16-20H,8-9H2,1-7H3/t16-,17-,18+,19+,20+,22-/m1/s1. The van der Waals surface area contributed by atoms with Gasteiger partial charge in [0, 0.05) is 41.5 Å². The third-order valence-electron chi connectivity index (χ3n) is 4.67. The molecule has 0 aromatic carbocycles. The number of methoxy groups -OCH3 is 1. The predicted octanol–water partition coefficient (Wildman–Crippen LogP) is -0.502. The first kappa shape index (κ1) is 31.3. The van der Waals surface area contributed by atoms with Gasteiger partial charge in [0.1, 0.15) is 18.8 Å². The summed E-state index contributed by atoms with van der Waals surface area (Å²) in [6, 6.07) is 0. The van der Waals surface area contributed by atoms with Gasteiger partial charge in [0.2, 0.25) is 0 Å². The van der Waals surface area contributed by atoms with Crippen LogP contribution in [0.3, 0.4) is 0 Å². The van der Waals surface area contributed by atoms with Gasteiger partial charge >= 0.3 is 47.6 Å². The molecule has 0 spiro atoms. The first-order chi connectivity index (χ1) is 17.1. The molecule has 15 heteroatoms. The van der Waals surface area contributed by atoms with E-state index in [2.05, 4.69) is 0 Å². The number of esters is 7. The zero-order chi connectivity index (χ0) is 28.5. The SMILES string of the molecule is COC(=O)[C@@]1(OC(C)=O)C[C@@H](OC(C)=O)[C@H](OC(C)=O)[C@@H]([C@@H](OC(C)=O)[C@@H](COC(C)=O)OC(C)=O)O1. The number of ether oxygens (including phenoxy) is 8. The van der Waals surface area contributed by atoms with Gasteiger partial charge < -0.3 is 37.9 Å². The highest BCUT2D eigenvalue weighted by atomic mass is 16.8. The smallest absolute Gasteiger partial charge is 0.379 e. The molecule has 0 radical (unpaired) electrons. The topological polar surface area (TPSA) is 193 Å². The highest BCUT2D eigenvalue weighted by Gasteiger charge is 2.61. The largest absolute Gasteiger partial charge is 0.464 e. The molecule has 0 aromatic rings. The van der Waals surface area contributed by atoms with E-state index < -0.39 is 91.1 Å². The van der Waals surface area contributed by atoms with Crippen molar-refractivity contribution in [1.29, 1.82) is 0 Å². The van der Waals surface area contributed by atoms with Crippen molar-refractivity contribution in [3.05, 3.63) is 0 Å². The Hall–Kier alpha value is -3.75. The maximum atomic E-state index is 12.8. The van der Waals surface area contributed by atoms with E-state index in [1.807, 2.05) is 0 Å². The van der Waals surface area contributed by atoms with Gasteiger partial charge in [0.15, 0.2) is 18.3 Å². The number of hydrogen-bond donors (Lipinski definition) is 0. The van der Waals surface area contributed by atoms with Crippen molar-refractivity contribution in [2.45, 2.75) is 84.3 Å². The Morgan fingerprint density at radius 3 is 1.78 bits per heavy atom. The first-order valence-corrected chi connectivity index (χ1v) is 10.9. The fraction of sp³-hybridized carbons (Fsp3) is 0.682. The Bertz CT molecular complexity index is 912. The molecule has 0 amide bonds.